The zero-order chi connectivity index (χ0) is 22.5. The lowest BCUT2D eigenvalue weighted by atomic mass is 10.0. The van der Waals surface area contributed by atoms with Crippen LogP contribution in [0, 0.1) is 6.92 Å². The Bertz CT molecular complexity index is 1540. The number of rotatable bonds is 4. The second-order valence-corrected chi connectivity index (χ2v) is 9.31. The minimum absolute atomic E-state index is 0.113. The average molecular weight is 458 g/mol. The zero-order valence-corrected chi connectivity index (χ0v) is 19.3. The summed E-state index contributed by atoms with van der Waals surface area (Å²) in [5, 5.41) is 11.8. The second kappa shape index (κ2) is 7.81. The first-order chi connectivity index (χ1) is 16.1. The molecule has 0 bridgehead atoms. The van der Waals surface area contributed by atoms with E-state index in [1.54, 1.807) is 7.11 Å². The fraction of sp³-hybridized carbons (Fsp3) is 0.240. The molecule has 7 nitrogen and oxygen atoms in total. The van der Waals surface area contributed by atoms with Gasteiger partial charge in [0, 0.05) is 53.1 Å². The van der Waals surface area contributed by atoms with Crippen molar-refractivity contribution in [2.24, 2.45) is 0 Å². The first kappa shape index (κ1) is 20.1. The van der Waals surface area contributed by atoms with E-state index < -0.39 is 0 Å². The van der Waals surface area contributed by atoms with Crippen LogP contribution in [0.3, 0.4) is 0 Å². The molecule has 33 heavy (non-hydrogen) atoms. The number of hydrogen-bond donors (Lipinski definition) is 1. The topological polar surface area (TPSA) is 75.5 Å². The molecule has 1 N–H and O–H groups in total. The van der Waals surface area contributed by atoms with Crippen LogP contribution in [0.4, 0.5) is 0 Å². The van der Waals surface area contributed by atoms with E-state index >= 15 is 0 Å². The number of carbonyl (C=O) groups is 1. The van der Waals surface area contributed by atoms with Crippen LogP contribution in [0.2, 0.25) is 0 Å². The molecule has 8 heteroatoms. The molecule has 0 saturated heterocycles. The molecule has 0 saturated carbocycles. The van der Waals surface area contributed by atoms with Crippen LogP contribution >= 0.6 is 11.8 Å². The number of ether oxygens (including phenoxy) is 1. The first-order valence-corrected chi connectivity index (χ1v) is 11.9. The molecule has 3 aromatic heterocycles. The molecule has 2 aromatic carbocycles. The van der Waals surface area contributed by atoms with Gasteiger partial charge < -0.3 is 14.6 Å². The van der Waals surface area contributed by atoms with Crippen molar-refractivity contribution in [3.8, 4) is 5.75 Å². The number of nitrogens with zero attached hydrogens (tertiary/aromatic N) is 4. The number of benzene rings is 2. The van der Waals surface area contributed by atoms with E-state index in [1.165, 1.54) is 28.4 Å². The molecule has 0 radical (unpaired) electrons. The molecule has 1 aliphatic heterocycles. The van der Waals surface area contributed by atoms with Gasteiger partial charge in [-0.25, -0.2) is 0 Å². The van der Waals surface area contributed by atoms with Crippen LogP contribution in [0.5, 0.6) is 5.75 Å². The fourth-order valence-electron chi connectivity index (χ4n) is 4.72. The van der Waals surface area contributed by atoms with Crippen LogP contribution in [0.1, 0.15) is 16.8 Å². The monoisotopic (exact) mass is 457 g/mol. The summed E-state index contributed by atoms with van der Waals surface area (Å²) >= 11 is 1.43. The van der Waals surface area contributed by atoms with Crippen LogP contribution in [0.15, 0.2) is 53.7 Å². The Morgan fingerprint density at radius 2 is 2.03 bits per heavy atom. The highest BCUT2D eigenvalue weighted by molar-refractivity contribution is 7.99. The molecule has 4 heterocycles. The molecule has 6 rings (SSSR count). The predicted molar refractivity (Wildman–Crippen MR) is 130 cm³/mol. The lowest BCUT2D eigenvalue weighted by Gasteiger charge is -2.27. The largest absolute Gasteiger partial charge is 0.497 e. The molecule has 1 amide bonds. The Hall–Kier alpha value is -3.52. The number of nitrogens with one attached hydrogen (secondary N) is 1. The van der Waals surface area contributed by atoms with Crippen molar-refractivity contribution in [1.82, 2.24) is 24.5 Å². The summed E-state index contributed by atoms with van der Waals surface area (Å²) in [7, 11) is 1.66. The maximum atomic E-state index is 13.1. The molecule has 0 spiro atoms. The number of pyridine rings is 1. The van der Waals surface area contributed by atoms with Gasteiger partial charge in [-0.3, -0.25) is 9.20 Å². The Balaban J connectivity index is 1.27. The van der Waals surface area contributed by atoms with Gasteiger partial charge in [0.2, 0.25) is 5.91 Å². The van der Waals surface area contributed by atoms with E-state index in [9.17, 15) is 4.79 Å². The summed E-state index contributed by atoms with van der Waals surface area (Å²) < 4.78 is 7.44. The Morgan fingerprint density at radius 1 is 1.15 bits per heavy atom. The minimum atomic E-state index is 0.113. The number of thioether (sulfide) groups is 1. The van der Waals surface area contributed by atoms with Gasteiger partial charge in [-0.1, -0.05) is 30.0 Å². The number of amides is 1. The number of aromatic nitrogens is 4. The van der Waals surface area contributed by atoms with Gasteiger partial charge in [-0.05, 0) is 36.8 Å². The van der Waals surface area contributed by atoms with E-state index in [4.69, 9.17) is 4.74 Å². The summed E-state index contributed by atoms with van der Waals surface area (Å²) in [6, 6.07) is 16.3. The highest BCUT2D eigenvalue weighted by Gasteiger charge is 2.24. The van der Waals surface area contributed by atoms with Crippen molar-refractivity contribution in [3.05, 3.63) is 65.4 Å². The number of hydrogen-bond acceptors (Lipinski definition) is 5. The van der Waals surface area contributed by atoms with E-state index in [2.05, 4.69) is 40.3 Å². The average Bonchev–Trinajstić information content (AvgIpc) is 3.43. The lowest BCUT2D eigenvalue weighted by Crippen LogP contribution is -2.36. The van der Waals surface area contributed by atoms with E-state index in [0.29, 0.717) is 17.5 Å². The Kier molecular flexibility index (Phi) is 4.76. The molecular formula is C25H23N5O2S. The summed E-state index contributed by atoms with van der Waals surface area (Å²) in [5.41, 5.74) is 6.49. The summed E-state index contributed by atoms with van der Waals surface area (Å²) in [5.74, 6) is 1.21. The number of carbonyl (C=O) groups excluding carboxylic acids is 1. The summed E-state index contributed by atoms with van der Waals surface area (Å²) in [4.78, 5) is 18.6. The second-order valence-electron chi connectivity index (χ2n) is 8.37. The first-order valence-electron chi connectivity index (χ1n) is 10.9. The zero-order valence-electron chi connectivity index (χ0n) is 18.5. The Labute approximate surface area is 194 Å². The minimum Gasteiger partial charge on any atom is -0.497 e. The number of para-hydroxylation sites is 1. The van der Waals surface area contributed by atoms with Crippen molar-refractivity contribution in [2.45, 2.75) is 25.0 Å². The summed E-state index contributed by atoms with van der Waals surface area (Å²) in [6.45, 7) is 3.42. The molecule has 5 aromatic rings. The van der Waals surface area contributed by atoms with Crippen molar-refractivity contribution < 1.29 is 9.53 Å². The molecule has 0 unspecified atom stereocenters. The van der Waals surface area contributed by atoms with Crippen LogP contribution in [-0.4, -0.2) is 49.8 Å². The van der Waals surface area contributed by atoms with Gasteiger partial charge in [0.05, 0.1) is 18.4 Å². The molecular weight excluding hydrogens is 434 g/mol. The van der Waals surface area contributed by atoms with Crippen molar-refractivity contribution in [2.75, 3.05) is 19.4 Å². The third-order valence-corrected chi connectivity index (χ3v) is 7.35. The van der Waals surface area contributed by atoms with Gasteiger partial charge in [0.1, 0.15) is 5.75 Å². The molecule has 0 aliphatic carbocycles. The standard InChI is InChI=1S/C25H23N5O2S/c1-15-11-23-27-28-25(30(23)22-12-16(32-2)7-8-17(15)22)33-14-24(31)29-10-9-21-19(13-29)18-5-3-4-6-20(18)26-21/h3-8,11-12,26H,9-10,13-14H2,1-2H3. The van der Waals surface area contributed by atoms with Crippen LogP contribution in [-0.2, 0) is 17.8 Å². The van der Waals surface area contributed by atoms with Gasteiger partial charge in [0.25, 0.3) is 0 Å². The highest BCUT2D eigenvalue weighted by atomic mass is 32.2. The van der Waals surface area contributed by atoms with E-state index in [0.717, 1.165) is 46.3 Å². The normalized spacial score (nSPS) is 13.7. The van der Waals surface area contributed by atoms with Gasteiger partial charge in [-0.15, -0.1) is 10.2 Å². The third-order valence-electron chi connectivity index (χ3n) is 6.43. The summed E-state index contributed by atoms with van der Waals surface area (Å²) in [6.07, 6.45) is 0.845. The van der Waals surface area contributed by atoms with Gasteiger partial charge >= 0.3 is 0 Å². The predicted octanol–water partition coefficient (Wildman–Crippen LogP) is 4.36. The quantitative estimate of drug-likeness (QED) is 0.406. The van der Waals surface area contributed by atoms with Crippen LogP contribution < -0.4 is 4.74 Å². The van der Waals surface area contributed by atoms with Crippen molar-refractivity contribution >= 4 is 45.1 Å². The fourth-order valence-corrected chi connectivity index (χ4v) is 5.57. The maximum absolute atomic E-state index is 13.1. The van der Waals surface area contributed by atoms with E-state index in [-0.39, 0.29) is 5.91 Å². The van der Waals surface area contributed by atoms with Gasteiger partial charge in [-0.2, -0.15) is 0 Å². The van der Waals surface area contributed by atoms with Crippen molar-refractivity contribution in [3.63, 3.8) is 0 Å². The lowest BCUT2D eigenvalue weighted by molar-refractivity contribution is -0.129. The highest BCUT2D eigenvalue weighted by Crippen LogP contribution is 2.30. The Morgan fingerprint density at radius 3 is 2.91 bits per heavy atom. The van der Waals surface area contributed by atoms with Crippen molar-refractivity contribution in [1.29, 1.82) is 0 Å². The number of methoxy groups -OCH3 is 1. The third kappa shape index (κ3) is 3.33. The number of aromatic amines is 1. The van der Waals surface area contributed by atoms with Crippen LogP contribution in [0.25, 0.3) is 27.5 Å². The number of fused-ring (bicyclic) bond motifs is 6. The molecule has 0 atom stereocenters. The molecule has 166 valence electrons. The molecule has 1 aliphatic rings. The maximum Gasteiger partial charge on any atom is 0.233 e. The van der Waals surface area contributed by atoms with E-state index in [1.807, 2.05) is 39.6 Å². The SMILES string of the molecule is COc1ccc2c(C)cc3nnc(SCC(=O)N4CCc5[nH]c6ccccc6c5C4)n3c2c1. The van der Waals surface area contributed by atoms with Gasteiger partial charge in [0.15, 0.2) is 10.8 Å². The number of aryl methyl sites for hydroxylation is 1. The molecule has 0 fully saturated rings. The smallest absolute Gasteiger partial charge is 0.233 e. The number of H-pyrrole nitrogens is 1.